The number of halogens is 2. The summed E-state index contributed by atoms with van der Waals surface area (Å²) < 4.78 is 6.72. The van der Waals surface area contributed by atoms with E-state index in [1.807, 2.05) is 18.2 Å². The van der Waals surface area contributed by atoms with Crippen molar-refractivity contribution >= 4 is 49.1 Å². The predicted octanol–water partition coefficient (Wildman–Crippen LogP) is 4.05. The minimum absolute atomic E-state index is 0.274. The van der Waals surface area contributed by atoms with Crippen molar-refractivity contribution in [2.24, 2.45) is 0 Å². The number of hydrogen-bond donors (Lipinski definition) is 2. The van der Waals surface area contributed by atoms with Crippen LogP contribution in [0.5, 0.6) is 5.75 Å². The van der Waals surface area contributed by atoms with Crippen LogP contribution in [0.3, 0.4) is 0 Å². The summed E-state index contributed by atoms with van der Waals surface area (Å²) >= 11 is 6.75. The van der Waals surface area contributed by atoms with E-state index in [1.54, 1.807) is 25.3 Å². The van der Waals surface area contributed by atoms with Crippen LogP contribution in [0.4, 0.5) is 11.4 Å². The fourth-order valence-corrected chi connectivity index (χ4v) is 2.36. The Morgan fingerprint density at radius 1 is 1.20 bits per heavy atom. The van der Waals surface area contributed by atoms with Gasteiger partial charge in [-0.1, -0.05) is 15.9 Å². The molecule has 0 aliphatic carbocycles. The Labute approximate surface area is 133 Å². The van der Waals surface area contributed by atoms with Crippen molar-refractivity contribution in [1.29, 1.82) is 0 Å². The zero-order valence-electron chi connectivity index (χ0n) is 10.6. The summed E-state index contributed by atoms with van der Waals surface area (Å²) in [5.41, 5.74) is 7.29. The molecule has 0 aromatic heterocycles. The van der Waals surface area contributed by atoms with E-state index in [0.29, 0.717) is 22.7 Å². The lowest BCUT2D eigenvalue weighted by Gasteiger charge is -2.10. The molecule has 6 heteroatoms. The van der Waals surface area contributed by atoms with Crippen molar-refractivity contribution < 1.29 is 9.53 Å². The second-order valence-corrected chi connectivity index (χ2v) is 5.80. The lowest BCUT2D eigenvalue weighted by atomic mass is 10.1. The number of anilines is 2. The van der Waals surface area contributed by atoms with E-state index in [1.165, 1.54) is 0 Å². The molecule has 1 amide bonds. The molecule has 0 unspecified atom stereocenters. The third kappa shape index (κ3) is 3.32. The maximum Gasteiger partial charge on any atom is 0.257 e. The lowest BCUT2D eigenvalue weighted by molar-refractivity contribution is 0.102. The number of carbonyl (C=O) groups excluding carboxylic acids is 1. The van der Waals surface area contributed by atoms with Gasteiger partial charge in [0, 0.05) is 20.7 Å². The van der Waals surface area contributed by atoms with Crippen LogP contribution in [0, 0.1) is 0 Å². The number of nitrogens with two attached hydrogens (primary N) is 1. The summed E-state index contributed by atoms with van der Waals surface area (Å²) in [6, 6.07) is 10.5. The highest BCUT2D eigenvalue weighted by Gasteiger charge is 2.12. The Morgan fingerprint density at radius 3 is 2.60 bits per heavy atom. The van der Waals surface area contributed by atoms with Crippen molar-refractivity contribution in [3.8, 4) is 5.75 Å². The van der Waals surface area contributed by atoms with Crippen LogP contribution in [-0.4, -0.2) is 13.0 Å². The molecule has 104 valence electrons. The Hall–Kier alpha value is -1.53. The number of benzene rings is 2. The van der Waals surface area contributed by atoms with E-state index >= 15 is 0 Å². The Bertz CT molecular complexity index is 660. The molecule has 0 bridgehead atoms. The molecule has 0 aliphatic heterocycles. The van der Waals surface area contributed by atoms with Crippen LogP contribution in [0.1, 0.15) is 10.4 Å². The maximum atomic E-state index is 12.2. The molecule has 0 radical (unpaired) electrons. The zero-order valence-corrected chi connectivity index (χ0v) is 13.8. The summed E-state index contributed by atoms with van der Waals surface area (Å²) in [4.78, 5) is 12.2. The molecule has 3 N–H and O–H groups in total. The van der Waals surface area contributed by atoms with Gasteiger partial charge >= 0.3 is 0 Å². The number of carbonyl (C=O) groups is 1. The van der Waals surface area contributed by atoms with Crippen molar-refractivity contribution in [1.82, 2.24) is 0 Å². The first-order valence-corrected chi connectivity index (χ1v) is 7.30. The highest BCUT2D eigenvalue weighted by Crippen LogP contribution is 2.27. The molecule has 20 heavy (non-hydrogen) atoms. The zero-order chi connectivity index (χ0) is 14.7. The van der Waals surface area contributed by atoms with Gasteiger partial charge in [-0.05, 0) is 46.3 Å². The van der Waals surface area contributed by atoms with E-state index < -0.39 is 0 Å². The van der Waals surface area contributed by atoms with Crippen molar-refractivity contribution in [3.05, 3.63) is 50.9 Å². The molecule has 0 saturated carbocycles. The van der Waals surface area contributed by atoms with Gasteiger partial charge in [-0.25, -0.2) is 0 Å². The van der Waals surface area contributed by atoms with Crippen LogP contribution < -0.4 is 15.8 Å². The lowest BCUT2D eigenvalue weighted by Crippen LogP contribution is -2.14. The Morgan fingerprint density at radius 2 is 1.95 bits per heavy atom. The van der Waals surface area contributed by atoms with Crippen LogP contribution in [0.25, 0.3) is 0 Å². The minimum Gasteiger partial charge on any atom is -0.497 e. The second-order valence-electron chi connectivity index (χ2n) is 4.03. The number of nitrogens with one attached hydrogen (secondary N) is 1. The summed E-state index contributed by atoms with van der Waals surface area (Å²) in [5, 5.41) is 2.81. The SMILES string of the molecule is COc1ccc(C(=O)Nc2cc(Br)ccc2Br)c(N)c1. The quantitative estimate of drug-likeness (QED) is 0.765. The third-order valence-corrected chi connectivity index (χ3v) is 3.86. The van der Waals surface area contributed by atoms with E-state index in [2.05, 4.69) is 37.2 Å². The topological polar surface area (TPSA) is 64.3 Å². The highest BCUT2D eigenvalue weighted by atomic mass is 79.9. The van der Waals surface area contributed by atoms with Crippen LogP contribution in [-0.2, 0) is 0 Å². The summed E-state index contributed by atoms with van der Waals surface area (Å²) in [6.07, 6.45) is 0. The normalized spacial score (nSPS) is 10.2. The number of nitrogen functional groups attached to an aromatic ring is 1. The largest absolute Gasteiger partial charge is 0.497 e. The molecule has 0 spiro atoms. The predicted molar refractivity (Wildman–Crippen MR) is 87.2 cm³/mol. The fourth-order valence-electron chi connectivity index (χ4n) is 1.66. The van der Waals surface area contributed by atoms with Gasteiger partial charge in [0.1, 0.15) is 5.75 Å². The van der Waals surface area contributed by atoms with Crippen molar-refractivity contribution in [3.63, 3.8) is 0 Å². The first-order valence-electron chi connectivity index (χ1n) is 5.71. The number of amides is 1. The Balaban J connectivity index is 2.26. The van der Waals surface area contributed by atoms with Gasteiger partial charge in [-0.15, -0.1) is 0 Å². The molecular weight excluding hydrogens is 388 g/mol. The number of ether oxygens (including phenoxy) is 1. The molecule has 2 rings (SSSR count). The molecule has 0 fully saturated rings. The Kier molecular flexibility index (Phi) is 4.67. The highest BCUT2D eigenvalue weighted by molar-refractivity contribution is 9.11. The first kappa shape index (κ1) is 14.9. The summed E-state index contributed by atoms with van der Waals surface area (Å²) in [5.74, 6) is 0.339. The van der Waals surface area contributed by atoms with Gasteiger partial charge in [0.05, 0.1) is 18.4 Å². The molecular formula is C14H12Br2N2O2. The van der Waals surface area contributed by atoms with Gasteiger partial charge in [0.25, 0.3) is 5.91 Å². The van der Waals surface area contributed by atoms with Crippen molar-refractivity contribution in [2.75, 3.05) is 18.2 Å². The summed E-state index contributed by atoms with van der Waals surface area (Å²) in [6.45, 7) is 0. The van der Waals surface area contributed by atoms with Crippen LogP contribution in [0.2, 0.25) is 0 Å². The average molecular weight is 400 g/mol. The smallest absolute Gasteiger partial charge is 0.257 e. The van der Waals surface area contributed by atoms with Gasteiger partial charge < -0.3 is 15.8 Å². The molecule has 0 heterocycles. The molecule has 4 nitrogen and oxygen atoms in total. The van der Waals surface area contributed by atoms with E-state index in [0.717, 1.165) is 8.95 Å². The number of methoxy groups -OCH3 is 1. The standard InChI is InChI=1S/C14H12Br2N2O2/c1-20-9-3-4-10(12(17)7-9)14(19)18-13-6-8(15)2-5-11(13)16/h2-7H,17H2,1H3,(H,18,19). The van der Waals surface area contributed by atoms with Crippen LogP contribution in [0.15, 0.2) is 45.3 Å². The van der Waals surface area contributed by atoms with Crippen molar-refractivity contribution in [2.45, 2.75) is 0 Å². The molecule has 0 atom stereocenters. The monoisotopic (exact) mass is 398 g/mol. The molecule has 0 saturated heterocycles. The molecule has 2 aromatic carbocycles. The molecule has 2 aromatic rings. The van der Waals surface area contributed by atoms with Gasteiger partial charge in [0.15, 0.2) is 0 Å². The van der Waals surface area contributed by atoms with Gasteiger partial charge in [-0.2, -0.15) is 0 Å². The third-order valence-electron chi connectivity index (χ3n) is 2.68. The van der Waals surface area contributed by atoms with Gasteiger partial charge in [0.2, 0.25) is 0 Å². The van der Waals surface area contributed by atoms with E-state index in [-0.39, 0.29) is 5.91 Å². The summed E-state index contributed by atoms with van der Waals surface area (Å²) in [7, 11) is 1.55. The maximum absolute atomic E-state index is 12.2. The molecule has 0 aliphatic rings. The van der Waals surface area contributed by atoms with E-state index in [4.69, 9.17) is 10.5 Å². The second kappa shape index (κ2) is 6.28. The average Bonchev–Trinajstić information content (AvgIpc) is 2.42. The fraction of sp³-hybridized carbons (Fsp3) is 0.0714. The number of hydrogen-bond acceptors (Lipinski definition) is 3. The van der Waals surface area contributed by atoms with E-state index in [9.17, 15) is 4.79 Å². The number of rotatable bonds is 3. The first-order chi connectivity index (χ1) is 9.51. The minimum atomic E-state index is -0.274. The van der Waals surface area contributed by atoms with Crippen LogP contribution >= 0.6 is 31.9 Å². The van der Waals surface area contributed by atoms with Gasteiger partial charge in [-0.3, -0.25) is 4.79 Å².